The Balaban J connectivity index is 1.93. The average molecular weight is 346 g/mol. The summed E-state index contributed by atoms with van der Waals surface area (Å²) < 4.78 is 0. The molecule has 2 amide bonds. The van der Waals surface area contributed by atoms with Crippen LogP contribution in [0.4, 0.5) is 0 Å². The molecule has 0 bridgehead atoms. The molecule has 0 aromatic carbocycles. The van der Waals surface area contributed by atoms with Gasteiger partial charge in [-0.3, -0.25) is 14.6 Å². The first kappa shape index (κ1) is 19.4. The second-order valence-corrected chi connectivity index (χ2v) is 7.59. The molecule has 0 spiro atoms. The predicted octanol–water partition coefficient (Wildman–Crippen LogP) is 2.26. The van der Waals surface area contributed by atoms with E-state index in [1.54, 1.807) is 13.0 Å². The molecule has 0 aliphatic carbocycles. The van der Waals surface area contributed by atoms with Crippen LogP contribution in [0.1, 0.15) is 72.4 Å². The van der Waals surface area contributed by atoms with Gasteiger partial charge in [-0.15, -0.1) is 0 Å². The van der Waals surface area contributed by atoms with Crippen molar-refractivity contribution in [3.63, 3.8) is 0 Å². The molecule has 0 radical (unpaired) electrons. The number of nitrogens with zero attached hydrogens (tertiary/aromatic N) is 2. The Morgan fingerprint density at radius 3 is 2.44 bits per heavy atom. The third-order valence-electron chi connectivity index (χ3n) is 4.81. The largest absolute Gasteiger partial charge is 0.366 e. The molecule has 1 aromatic heterocycles. The van der Waals surface area contributed by atoms with Crippen LogP contribution in [0.15, 0.2) is 12.3 Å². The first-order chi connectivity index (χ1) is 11.8. The molecular weight excluding hydrogens is 316 g/mol. The minimum Gasteiger partial charge on any atom is -0.366 e. The molecule has 0 unspecified atom stereocenters. The predicted molar refractivity (Wildman–Crippen MR) is 98.6 cm³/mol. The highest BCUT2D eigenvalue weighted by Gasteiger charge is 2.23. The fourth-order valence-corrected chi connectivity index (χ4v) is 3.17. The lowest BCUT2D eigenvalue weighted by molar-refractivity contribution is 0.0895. The number of pyridine rings is 1. The quantitative estimate of drug-likeness (QED) is 0.827. The summed E-state index contributed by atoms with van der Waals surface area (Å²) in [4.78, 5) is 30.3. The van der Waals surface area contributed by atoms with E-state index in [0.717, 1.165) is 26.1 Å². The summed E-state index contributed by atoms with van der Waals surface area (Å²) >= 11 is 0. The number of primary amides is 1. The monoisotopic (exact) mass is 346 g/mol. The topological polar surface area (TPSA) is 88.3 Å². The van der Waals surface area contributed by atoms with E-state index in [1.807, 2.05) is 13.8 Å². The molecular formula is C19H30N4O2. The molecule has 6 nitrogen and oxygen atoms in total. The van der Waals surface area contributed by atoms with E-state index in [1.165, 1.54) is 31.9 Å². The SMILES string of the molecule is Cc1cc(C(=O)NC(C)(C)CCN2CCCCCC2)ncc1C(N)=O. The molecule has 1 fully saturated rings. The summed E-state index contributed by atoms with van der Waals surface area (Å²) in [5, 5.41) is 3.06. The van der Waals surface area contributed by atoms with Crippen molar-refractivity contribution in [1.82, 2.24) is 15.2 Å². The van der Waals surface area contributed by atoms with E-state index >= 15 is 0 Å². The van der Waals surface area contributed by atoms with Crippen molar-refractivity contribution in [3.05, 3.63) is 29.1 Å². The standard InChI is InChI=1S/C19H30N4O2/c1-14-12-16(21-13-15(14)17(20)24)18(25)22-19(2,3)8-11-23-9-6-4-5-7-10-23/h12-13H,4-11H2,1-3H3,(H2,20,24)(H,22,25). The van der Waals surface area contributed by atoms with Gasteiger partial charge in [0.2, 0.25) is 0 Å². The van der Waals surface area contributed by atoms with Gasteiger partial charge >= 0.3 is 0 Å². The maximum atomic E-state index is 12.5. The Labute approximate surface area is 150 Å². The second-order valence-electron chi connectivity index (χ2n) is 7.59. The van der Waals surface area contributed by atoms with Gasteiger partial charge < -0.3 is 16.0 Å². The zero-order valence-corrected chi connectivity index (χ0v) is 15.6. The number of likely N-dealkylation sites (tertiary alicyclic amines) is 1. The molecule has 6 heteroatoms. The Hall–Kier alpha value is -1.95. The molecule has 25 heavy (non-hydrogen) atoms. The molecule has 1 aliphatic heterocycles. The van der Waals surface area contributed by atoms with Crippen molar-refractivity contribution < 1.29 is 9.59 Å². The van der Waals surface area contributed by atoms with Gasteiger partial charge in [0.05, 0.1) is 5.56 Å². The zero-order chi connectivity index (χ0) is 18.4. The van der Waals surface area contributed by atoms with Crippen LogP contribution in [0.3, 0.4) is 0 Å². The van der Waals surface area contributed by atoms with Gasteiger partial charge in [-0.1, -0.05) is 12.8 Å². The van der Waals surface area contributed by atoms with E-state index in [0.29, 0.717) is 16.8 Å². The first-order valence-electron chi connectivity index (χ1n) is 9.10. The number of carbonyl (C=O) groups excluding carboxylic acids is 2. The highest BCUT2D eigenvalue weighted by atomic mass is 16.2. The first-order valence-corrected chi connectivity index (χ1v) is 9.10. The van der Waals surface area contributed by atoms with E-state index in [4.69, 9.17) is 5.73 Å². The van der Waals surface area contributed by atoms with Crippen molar-refractivity contribution in [2.24, 2.45) is 5.73 Å². The van der Waals surface area contributed by atoms with Gasteiger partial charge in [0.25, 0.3) is 11.8 Å². The van der Waals surface area contributed by atoms with Crippen LogP contribution >= 0.6 is 0 Å². The average Bonchev–Trinajstić information content (AvgIpc) is 2.81. The Morgan fingerprint density at radius 2 is 1.88 bits per heavy atom. The van der Waals surface area contributed by atoms with Gasteiger partial charge in [0.15, 0.2) is 0 Å². The lowest BCUT2D eigenvalue weighted by Gasteiger charge is -2.29. The van der Waals surface area contributed by atoms with Crippen LogP contribution in [0.2, 0.25) is 0 Å². The van der Waals surface area contributed by atoms with Crippen molar-refractivity contribution in [2.75, 3.05) is 19.6 Å². The highest BCUT2D eigenvalue weighted by Crippen LogP contribution is 2.15. The Morgan fingerprint density at radius 1 is 1.24 bits per heavy atom. The molecule has 0 saturated carbocycles. The number of hydrogen-bond donors (Lipinski definition) is 2. The van der Waals surface area contributed by atoms with Gasteiger partial charge in [-0.2, -0.15) is 0 Å². The third-order valence-corrected chi connectivity index (χ3v) is 4.81. The van der Waals surface area contributed by atoms with Crippen LogP contribution in [-0.2, 0) is 0 Å². The zero-order valence-electron chi connectivity index (χ0n) is 15.6. The molecule has 1 saturated heterocycles. The van der Waals surface area contributed by atoms with Crippen molar-refractivity contribution >= 4 is 11.8 Å². The molecule has 1 aromatic rings. The van der Waals surface area contributed by atoms with E-state index in [-0.39, 0.29) is 11.4 Å². The fraction of sp³-hybridized carbons (Fsp3) is 0.632. The summed E-state index contributed by atoms with van der Waals surface area (Å²) in [7, 11) is 0. The van der Waals surface area contributed by atoms with E-state index in [2.05, 4.69) is 15.2 Å². The summed E-state index contributed by atoms with van der Waals surface area (Å²) in [5.41, 5.74) is 6.28. The molecule has 2 rings (SSSR count). The lowest BCUT2D eigenvalue weighted by Crippen LogP contribution is -2.46. The Kier molecular flexibility index (Phi) is 6.53. The number of aromatic nitrogens is 1. The van der Waals surface area contributed by atoms with Gasteiger partial charge in [-0.05, 0) is 64.8 Å². The number of rotatable bonds is 6. The summed E-state index contributed by atoms with van der Waals surface area (Å²) in [6.45, 7) is 9.11. The molecule has 1 aliphatic rings. The molecule has 0 atom stereocenters. The van der Waals surface area contributed by atoms with Crippen LogP contribution in [0.5, 0.6) is 0 Å². The number of nitrogens with one attached hydrogen (secondary N) is 1. The number of hydrogen-bond acceptors (Lipinski definition) is 4. The van der Waals surface area contributed by atoms with Crippen molar-refractivity contribution in [1.29, 1.82) is 0 Å². The van der Waals surface area contributed by atoms with E-state index in [9.17, 15) is 9.59 Å². The maximum absolute atomic E-state index is 12.5. The minimum atomic E-state index is -0.533. The number of nitrogens with two attached hydrogens (primary N) is 1. The number of carbonyl (C=O) groups is 2. The summed E-state index contributed by atoms with van der Waals surface area (Å²) in [5.74, 6) is -0.755. The molecule has 2 heterocycles. The number of amides is 2. The van der Waals surface area contributed by atoms with Crippen LogP contribution in [0.25, 0.3) is 0 Å². The van der Waals surface area contributed by atoms with Crippen LogP contribution in [0, 0.1) is 6.92 Å². The highest BCUT2D eigenvalue weighted by molar-refractivity contribution is 5.96. The normalized spacial score (nSPS) is 16.3. The Bertz CT molecular complexity index is 620. The fourth-order valence-electron chi connectivity index (χ4n) is 3.17. The summed E-state index contributed by atoms with van der Waals surface area (Å²) in [6, 6.07) is 1.61. The van der Waals surface area contributed by atoms with E-state index < -0.39 is 5.91 Å². The molecule has 3 N–H and O–H groups in total. The van der Waals surface area contributed by atoms with Crippen LogP contribution < -0.4 is 11.1 Å². The minimum absolute atomic E-state index is 0.222. The smallest absolute Gasteiger partial charge is 0.270 e. The lowest BCUT2D eigenvalue weighted by atomic mass is 9.99. The van der Waals surface area contributed by atoms with Gasteiger partial charge in [0.1, 0.15) is 5.69 Å². The second kappa shape index (κ2) is 8.43. The number of aryl methyl sites for hydroxylation is 1. The van der Waals surface area contributed by atoms with Gasteiger partial charge in [-0.25, -0.2) is 0 Å². The molecule has 138 valence electrons. The maximum Gasteiger partial charge on any atom is 0.270 e. The van der Waals surface area contributed by atoms with Crippen molar-refractivity contribution in [2.45, 2.75) is 58.4 Å². The summed E-state index contributed by atoms with van der Waals surface area (Å²) in [6.07, 6.45) is 7.43. The van der Waals surface area contributed by atoms with Crippen LogP contribution in [-0.4, -0.2) is 46.9 Å². The van der Waals surface area contributed by atoms with Crippen molar-refractivity contribution in [3.8, 4) is 0 Å². The third kappa shape index (κ3) is 5.81. The van der Waals surface area contributed by atoms with Gasteiger partial charge in [0, 0.05) is 18.3 Å².